The largest absolute Gasteiger partial charge is 0.399 e. The summed E-state index contributed by atoms with van der Waals surface area (Å²) in [6.07, 6.45) is 2.95. The van der Waals surface area contributed by atoms with Gasteiger partial charge in [0.25, 0.3) is 0 Å². The molecule has 1 aliphatic heterocycles. The molecule has 0 bridgehead atoms. The number of rotatable bonds is 3. The van der Waals surface area contributed by atoms with E-state index >= 15 is 0 Å². The predicted molar refractivity (Wildman–Crippen MR) is 112 cm³/mol. The van der Waals surface area contributed by atoms with Gasteiger partial charge in [-0.25, -0.2) is 9.97 Å². The van der Waals surface area contributed by atoms with Crippen molar-refractivity contribution in [1.29, 1.82) is 0 Å². The summed E-state index contributed by atoms with van der Waals surface area (Å²) in [7, 11) is 0. The lowest BCUT2D eigenvalue weighted by atomic mass is 10.1. The van der Waals surface area contributed by atoms with E-state index in [-0.39, 0.29) is 0 Å². The van der Waals surface area contributed by atoms with E-state index in [0.29, 0.717) is 0 Å². The second kappa shape index (κ2) is 6.76. The van der Waals surface area contributed by atoms with Crippen molar-refractivity contribution in [3.63, 3.8) is 0 Å². The lowest BCUT2D eigenvalue weighted by Crippen LogP contribution is -2.30. The standard InChI is InChI=1S/C22H20N4S/c23-18-7-5-15(6-8-18)22-24-11-16-12-26(10-9-20(16)25-22)13-17-14-27-21-4-2-1-3-19(17)21/h1-8,11,14H,9-10,12-13,23H2. The van der Waals surface area contributed by atoms with Gasteiger partial charge < -0.3 is 5.73 Å². The van der Waals surface area contributed by atoms with Crippen LogP contribution in [-0.2, 0) is 19.5 Å². The number of thiophene rings is 1. The second-order valence-corrected chi connectivity index (χ2v) is 7.92. The fourth-order valence-corrected chi connectivity index (χ4v) is 4.63. The summed E-state index contributed by atoms with van der Waals surface area (Å²) >= 11 is 1.83. The molecule has 1 aliphatic rings. The number of nitrogen functional groups attached to an aromatic ring is 1. The molecule has 5 rings (SSSR count). The number of benzene rings is 2. The van der Waals surface area contributed by atoms with Gasteiger partial charge in [-0.1, -0.05) is 18.2 Å². The fourth-order valence-electron chi connectivity index (χ4n) is 3.68. The van der Waals surface area contributed by atoms with E-state index in [9.17, 15) is 0 Å². The Balaban J connectivity index is 1.36. The molecule has 0 aliphatic carbocycles. The van der Waals surface area contributed by atoms with Gasteiger partial charge in [0.1, 0.15) is 0 Å². The molecular weight excluding hydrogens is 352 g/mol. The zero-order valence-corrected chi connectivity index (χ0v) is 15.7. The number of hydrogen-bond donors (Lipinski definition) is 1. The van der Waals surface area contributed by atoms with E-state index in [4.69, 9.17) is 10.7 Å². The summed E-state index contributed by atoms with van der Waals surface area (Å²) in [6, 6.07) is 16.4. The summed E-state index contributed by atoms with van der Waals surface area (Å²) < 4.78 is 1.36. The van der Waals surface area contributed by atoms with E-state index in [2.05, 4.69) is 39.5 Å². The van der Waals surface area contributed by atoms with Gasteiger partial charge in [-0.2, -0.15) is 0 Å². The van der Waals surface area contributed by atoms with Crippen LogP contribution in [0.15, 0.2) is 60.1 Å². The molecule has 2 aromatic heterocycles. The molecule has 27 heavy (non-hydrogen) atoms. The van der Waals surface area contributed by atoms with Crippen LogP contribution in [0, 0.1) is 0 Å². The van der Waals surface area contributed by atoms with Crippen LogP contribution in [0.1, 0.15) is 16.8 Å². The van der Waals surface area contributed by atoms with Gasteiger partial charge in [0, 0.05) is 53.8 Å². The van der Waals surface area contributed by atoms with Crippen LogP contribution in [0.25, 0.3) is 21.5 Å². The van der Waals surface area contributed by atoms with E-state index < -0.39 is 0 Å². The van der Waals surface area contributed by atoms with Crippen LogP contribution in [0.4, 0.5) is 5.69 Å². The lowest BCUT2D eigenvalue weighted by molar-refractivity contribution is 0.244. The van der Waals surface area contributed by atoms with Gasteiger partial charge in [-0.15, -0.1) is 11.3 Å². The highest BCUT2D eigenvalue weighted by molar-refractivity contribution is 7.17. The highest BCUT2D eigenvalue weighted by Crippen LogP contribution is 2.28. The van der Waals surface area contributed by atoms with Gasteiger partial charge >= 0.3 is 0 Å². The van der Waals surface area contributed by atoms with E-state index in [1.165, 1.54) is 26.9 Å². The van der Waals surface area contributed by atoms with E-state index in [1.54, 1.807) is 0 Å². The third kappa shape index (κ3) is 3.20. The zero-order chi connectivity index (χ0) is 18.2. The minimum atomic E-state index is 0.758. The SMILES string of the molecule is Nc1ccc(-c2ncc3c(n2)CCN(Cc2csc4ccccc24)C3)cc1. The van der Waals surface area contributed by atoms with Crippen molar-refractivity contribution in [2.75, 3.05) is 12.3 Å². The Morgan fingerprint density at radius 1 is 1.07 bits per heavy atom. The van der Waals surface area contributed by atoms with Crippen molar-refractivity contribution in [1.82, 2.24) is 14.9 Å². The number of fused-ring (bicyclic) bond motifs is 2. The van der Waals surface area contributed by atoms with Gasteiger partial charge in [-0.3, -0.25) is 4.90 Å². The quantitative estimate of drug-likeness (QED) is 0.538. The van der Waals surface area contributed by atoms with Gasteiger partial charge in [0.05, 0.1) is 5.69 Å². The summed E-state index contributed by atoms with van der Waals surface area (Å²) in [5.74, 6) is 0.783. The van der Waals surface area contributed by atoms with Crippen molar-refractivity contribution >= 4 is 27.1 Å². The molecule has 0 saturated carbocycles. The summed E-state index contributed by atoms with van der Waals surface area (Å²) in [6.45, 7) is 2.90. The molecule has 0 atom stereocenters. The van der Waals surface area contributed by atoms with Crippen LogP contribution >= 0.6 is 11.3 Å². The van der Waals surface area contributed by atoms with Crippen molar-refractivity contribution in [3.05, 3.63) is 76.9 Å². The molecular formula is C22H20N4S. The normalized spacial score (nSPS) is 14.4. The molecule has 2 N–H and O–H groups in total. The molecule has 4 nitrogen and oxygen atoms in total. The number of aromatic nitrogens is 2. The molecule has 0 spiro atoms. The van der Waals surface area contributed by atoms with Gasteiger partial charge in [0.15, 0.2) is 5.82 Å². The van der Waals surface area contributed by atoms with Crippen LogP contribution in [0.5, 0.6) is 0 Å². The van der Waals surface area contributed by atoms with E-state index in [0.717, 1.165) is 43.1 Å². The summed E-state index contributed by atoms with van der Waals surface area (Å²) in [4.78, 5) is 11.9. The average Bonchev–Trinajstić information content (AvgIpc) is 3.11. The highest BCUT2D eigenvalue weighted by Gasteiger charge is 2.20. The predicted octanol–water partition coefficient (Wildman–Crippen LogP) is 4.50. The monoisotopic (exact) mass is 372 g/mol. The van der Waals surface area contributed by atoms with Crippen LogP contribution < -0.4 is 5.73 Å². The first-order valence-corrected chi connectivity index (χ1v) is 10.0. The first-order valence-electron chi connectivity index (χ1n) is 9.14. The molecule has 0 radical (unpaired) electrons. The molecule has 2 aromatic carbocycles. The number of hydrogen-bond acceptors (Lipinski definition) is 5. The highest BCUT2D eigenvalue weighted by atomic mass is 32.1. The molecule has 4 aromatic rings. The lowest BCUT2D eigenvalue weighted by Gasteiger charge is -2.28. The molecule has 0 unspecified atom stereocenters. The Morgan fingerprint density at radius 2 is 1.93 bits per heavy atom. The molecule has 5 heteroatoms. The number of nitrogens with zero attached hydrogens (tertiary/aromatic N) is 3. The third-order valence-electron chi connectivity index (χ3n) is 5.14. The molecule has 0 saturated heterocycles. The Hall–Kier alpha value is -2.76. The summed E-state index contributed by atoms with van der Waals surface area (Å²) in [5, 5.41) is 3.67. The third-order valence-corrected chi connectivity index (χ3v) is 6.15. The van der Waals surface area contributed by atoms with Crippen molar-refractivity contribution in [3.8, 4) is 11.4 Å². The van der Waals surface area contributed by atoms with Crippen LogP contribution in [-0.4, -0.2) is 21.4 Å². The fraction of sp³-hybridized carbons (Fsp3) is 0.182. The van der Waals surface area contributed by atoms with Gasteiger partial charge in [-0.05, 0) is 46.7 Å². The van der Waals surface area contributed by atoms with Crippen LogP contribution in [0.2, 0.25) is 0 Å². The molecule has 3 heterocycles. The average molecular weight is 372 g/mol. The molecule has 0 fully saturated rings. The van der Waals surface area contributed by atoms with Crippen molar-refractivity contribution < 1.29 is 0 Å². The van der Waals surface area contributed by atoms with Crippen molar-refractivity contribution in [2.24, 2.45) is 0 Å². The number of anilines is 1. The minimum Gasteiger partial charge on any atom is -0.399 e. The van der Waals surface area contributed by atoms with Crippen LogP contribution in [0.3, 0.4) is 0 Å². The van der Waals surface area contributed by atoms with Crippen molar-refractivity contribution in [2.45, 2.75) is 19.5 Å². The topological polar surface area (TPSA) is 55.0 Å². The maximum Gasteiger partial charge on any atom is 0.159 e. The number of nitrogens with two attached hydrogens (primary N) is 1. The first-order chi connectivity index (χ1) is 13.3. The van der Waals surface area contributed by atoms with Gasteiger partial charge in [0.2, 0.25) is 0 Å². The Labute approximate surface area is 162 Å². The Morgan fingerprint density at radius 3 is 2.81 bits per heavy atom. The molecule has 0 amide bonds. The second-order valence-electron chi connectivity index (χ2n) is 7.01. The van der Waals surface area contributed by atoms with E-state index in [1.807, 2.05) is 41.8 Å². The maximum atomic E-state index is 5.78. The minimum absolute atomic E-state index is 0.758. The summed E-state index contributed by atoms with van der Waals surface area (Å²) in [5.41, 5.74) is 11.4. The Kier molecular flexibility index (Phi) is 4.11. The zero-order valence-electron chi connectivity index (χ0n) is 14.9. The smallest absolute Gasteiger partial charge is 0.159 e. The Bertz CT molecular complexity index is 1100. The molecule has 134 valence electrons. The first kappa shape index (κ1) is 16.4. The maximum absolute atomic E-state index is 5.78.